The normalized spacial score (nSPS) is 20.0. The highest BCUT2D eigenvalue weighted by Gasteiger charge is 2.32. The number of thioether (sulfide) groups is 1. The Morgan fingerprint density at radius 3 is 2.79 bits per heavy atom. The van der Waals surface area contributed by atoms with Crippen molar-refractivity contribution >= 4 is 23.6 Å². The van der Waals surface area contributed by atoms with E-state index in [4.69, 9.17) is 9.47 Å². The largest absolute Gasteiger partial charge is 0.381 e. The Hall–Kier alpha value is -2.49. The van der Waals surface area contributed by atoms with E-state index in [1.807, 2.05) is 35.2 Å². The van der Waals surface area contributed by atoms with Crippen LogP contribution in [-0.2, 0) is 25.7 Å². The lowest BCUT2D eigenvalue weighted by Crippen LogP contribution is -2.42. The van der Waals surface area contributed by atoms with Crippen LogP contribution in [0.1, 0.15) is 18.4 Å². The van der Waals surface area contributed by atoms with Gasteiger partial charge in [0.1, 0.15) is 0 Å². The molecule has 4 heterocycles. The van der Waals surface area contributed by atoms with Crippen LogP contribution in [0.2, 0.25) is 0 Å². The SMILES string of the molecule is O=C(CSc1ccccn1)N1CC(=O)N(CC2CCOCC2)CC(OCc2cccnc2)C1. The van der Waals surface area contributed by atoms with Gasteiger partial charge in [-0.2, -0.15) is 0 Å². The second kappa shape index (κ2) is 12.1. The smallest absolute Gasteiger partial charge is 0.242 e. The van der Waals surface area contributed by atoms with Crippen LogP contribution in [0.5, 0.6) is 0 Å². The van der Waals surface area contributed by atoms with Crippen molar-refractivity contribution in [1.82, 2.24) is 19.8 Å². The molecular weight excluding hydrogens is 440 g/mol. The van der Waals surface area contributed by atoms with Gasteiger partial charge in [0, 0.05) is 51.4 Å². The number of rotatable bonds is 8. The lowest BCUT2D eigenvalue weighted by atomic mass is 9.99. The summed E-state index contributed by atoms with van der Waals surface area (Å²) in [6, 6.07) is 9.45. The van der Waals surface area contributed by atoms with Crippen LogP contribution in [0.3, 0.4) is 0 Å². The van der Waals surface area contributed by atoms with Crippen molar-refractivity contribution in [2.24, 2.45) is 5.92 Å². The summed E-state index contributed by atoms with van der Waals surface area (Å²) < 4.78 is 11.7. The molecule has 1 unspecified atom stereocenters. The Kier molecular flexibility index (Phi) is 8.68. The number of nitrogens with zero attached hydrogens (tertiary/aromatic N) is 4. The third kappa shape index (κ3) is 7.25. The van der Waals surface area contributed by atoms with E-state index in [-0.39, 0.29) is 30.2 Å². The first kappa shape index (κ1) is 23.7. The van der Waals surface area contributed by atoms with Crippen molar-refractivity contribution in [2.75, 3.05) is 45.1 Å². The maximum absolute atomic E-state index is 13.1. The van der Waals surface area contributed by atoms with Crippen molar-refractivity contribution in [2.45, 2.75) is 30.6 Å². The average molecular weight is 471 g/mol. The van der Waals surface area contributed by atoms with Gasteiger partial charge >= 0.3 is 0 Å². The first-order chi connectivity index (χ1) is 16.2. The molecule has 0 spiro atoms. The van der Waals surface area contributed by atoms with Gasteiger partial charge in [-0.15, -0.1) is 0 Å². The molecule has 0 aromatic carbocycles. The third-order valence-electron chi connectivity index (χ3n) is 5.89. The molecule has 0 N–H and O–H groups in total. The van der Waals surface area contributed by atoms with Crippen molar-refractivity contribution in [1.29, 1.82) is 0 Å². The van der Waals surface area contributed by atoms with Gasteiger partial charge < -0.3 is 19.3 Å². The Morgan fingerprint density at radius 2 is 2.03 bits per heavy atom. The molecule has 0 radical (unpaired) electrons. The van der Waals surface area contributed by atoms with E-state index >= 15 is 0 Å². The molecule has 1 atom stereocenters. The van der Waals surface area contributed by atoms with Crippen molar-refractivity contribution in [3.05, 3.63) is 54.5 Å². The summed E-state index contributed by atoms with van der Waals surface area (Å²) in [4.78, 5) is 38.0. The topological polar surface area (TPSA) is 84.9 Å². The van der Waals surface area contributed by atoms with Gasteiger partial charge in [0.15, 0.2) is 0 Å². The summed E-state index contributed by atoms with van der Waals surface area (Å²) in [6.45, 7) is 3.50. The van der Waals surface area contributed by atoms with Crippen molar-refractivity contribution in [3.63, 3.8) is 0 Å². The summed E-state index contributed by atoms with van der Waals surface area (Å²) in [7, 11) is 0. The molecule has 33 heavy (non-hydrogen) atoms. The Balaban J connectivity index is 1.41. The quantitative estimate of drug-likeness (QED) is 0.547. The van der Waals surface area contributed by atoms with Crippen LogP contribution < -0.4 is 0 Å². The first-order valence-electron chi connectivity index (χ1n) is 11.3. The summed E-state index contributed by atoms with van der Waals surface area (Å²) >= 11 is 1.38. The van der Waals surface area contributed by atoms with Crippen LogP contribution in [0.25, 0.3) is 0 Å². The molecule has 4 rings (SSSR count). The number of aromatic nitrogens is 2. The van der Waals surface area contributed by atoms with Crippen molar-refractivity contribution < 1.29 is 19.1 Å². The minimum Gasteiger partial charge on any atom is -0.381 e. The first-order valence-corrected chi connectivity index (χ1v) is 12.3. The predicted molar refractivity (Wildman–Crippen MR) is 124 cm³/mol. The van der Waals surface area contributed by atoms with Crippen molar-refractivity contribution in [3.8, 4) is 0 Å². The van der Waals surface area contributed by atoms with Gasteiger partial charge in [0.05, 0.1) is 30.0 Å². The molecule has 0 aliphatic carbocycles. The van der Waals surface area contributed by atoms with E-state index in [1.54, 1.807) is 23.5 Å². The predicted octanol–water partition coefficient (Wildman–Crippen LogP) is 2.25. The minimum absolute atomic E-state index is 0.0230. The van der Waals surface area contributed by atoms with Gasteiger partial charge in [-0.1, -0.05) is 23.9 Å². The lowest BCUT2D eigenvalue weighted by molar-refractivity contribution is -0.137. The highest BCUT2D eigenvalue weighted by molar-refractivity contribution is 7.99. The zero-order valence-corrected chi connectivity index (χ0v) is 19.5. The van der Waals surface area contributed by atoms with Gasteiger partial charge in [-0.05, 0) is 42.5 Å². The van der Waals surface area contributed by atoms with Crippen LogP contribution in [-0.4, -0.2) is 82.8 Å². The van der Waals surface area contributed by atoms with Crippen LogP contribution in [0.15, 0.2) is 53.9 Å². The average Bonchev–Trinajstić information content (AvgIpc) is 3.02. The summed E-state index contributed by atoms with van der Waals surface area (Å²) in [5.74, 6) is 0.551. The molecule has 2 fully saturated rings. The number of amides is 2. The van der Waals surface area contributed by atoms with Gasteiger partial charge in [0.25, 0.3) is 0 Å². The fourth-order valence-corrected chi connectivity index (χ4v) is 4.81. The molecule has 8 nitrogen and oxygen atoms in total. The molecule has 0 bridgehead atoms. The molecule has 2 aliphatic heterocycles. The van der Waals surface area contributed by atoms with E-state index in [0.29, 0.717) is 32.2 Å². The zero-order chi connectivity index (χ0) is 22.9. The molecule has 0 saturated carbocycles. The van der Waals surface area contributed by atoms with Gasteiger partial charge in [-0.3, -0.25) is 14.6 Å². The Bertz CT molecular complexity index is 896. The minimum atomic E-state index is -0.264. The second-order valence-corrected chi connectivity index (χ2v) is 9.38. The van der Waals surface area contributed by atoms with E-state index in [9.17, 15) is 9.59 Å². The molecule has 2 amide bonds. The molecule has 2 saturated heterocycles. The van der Waals surface area contributed by atoms with E-state index in [1.165, 1.54) is 11.8 Å². The zero-order valence-electron chi connectivity index (χ0n) is 18.7. The molecule has 9 heteroatoms. The van der Waals surface area contributed by atoms with Crippen LogP contribution >= 0.6 is 11.8 Å². The third-order valence-corrected chi connectivity index (χ3v) is 6.82. The maximum atomic E-state index is 13.1. The fraction of sp³-hybridized carbons (Fsp3) is 0.500. The van der Waals surface area contributed by atoms with E-state index in [0.717, 1.165) is 36.6 Å². The summed E-state index contributed by atoms with van der Waals surface area (Å²) in [5, 5.41) is 0.789. The number of carbonyl (C=O) groups is 2. The van der Waals surface area contributed by atoms with Crippen LogP contribution in [0.4, 0.5) is 0 Å². The highest BCUT2D eigenvalue weighted by Crippen LogP contribution is 2.20. The summed E-state index contributed by atoms with van der Waals surface area (Å²) in [6.07, 6.45) is 6.85. The number of carbonyl (C=O) groups excluding carboxylic acids is 2. The fourth-order valence-electron chi connectivity index (χ4n) is 4.05. The Morgan fingerprint density at radius 1 is 1.15 bits per heavy atom. The maximum Gasteiger partial charge on any atom is 0.242 e. The van der Waals surface area contributed by atoms with Gasteiger partial charge in [-0.25, -0.2) is 4.98 Å². The second-order valence-electron chi connectivity index (χ2n) is 8.38. The molecular formula is C24H30N4O4S. The molecule has 2 aromatic rings. The Labute approximate surface area is 198 Å². The molecule has 2 aliphatic rings. The standard InChI is InChI=1S/C24H30N4O4S/c29-23-16-28(24(30)18-33-22-5-1-2-9-26-22)15-21(32-17-20-4-3-8-25-12-20)14-27(23)13-19-6-10-31-11-7-19/h1-5,8-9,12,19,21H,6-7,10-11,13-18H2. The van der Waals surface area contributed by atoms with Gasteiger partial charge in [0.2, 0.25) is 11.8 Å². The summed E-state index contributed by atoms with van der Waals surface area (Å²) in [5.41, 5.74) is 0.965. The molecule has 176 valence electrons. The van der Waals surface area contributed by atoms with E-state index < -0.39 is 0 Å². The number of hydrogen-bond acceptors (Lipinski definition) is 7. The molecule has 2 aromatic heterocycles. The number of ether oxygens (including phenoxy) is 2. The lowest BCUT2D eigenvalue weighted by Gasteiger charge is -2.30. The monoisotopic (exact) mass is 470 g/mol. The highest BCUT2D eigenvalue weighted by atomic mass is 32.2. The number of hydrogen-bond donors (Lipinski definition) is 0. The van der Waals surface area contributed by atoms with Crippen LogP contribution in [0, 0.1) is 5.92 Å². The number of pyridine rings is 2. The van der Waals surface area contributed by atoms with E-state index in [2.05, 4.69) is 9.97 Å².